The number of amides is 2. The van der Waals surface area contributed by atoms with Gasteiger partial charge >= 0.3 is 0 Å². The third-order valence-corrected chi connectivity index (χ3v) is 3.53. The first-order valence-electron chi connectivity index (χ1n) is 6.54. The largest absolute Gasteiger partial charge is 0.488 e. The Morgan fingerprint density at radius 2 is 2.26 bits per heavy atom. The summed E-state index contributed by atoms with van der Waals surface area (Å²) in [5, 5.41) is 5.50. The molecule has 2 heterocycles. The predicted molar refractivity (Wildman–Crippen MR) is 68.7 cm³/mol. The SMILES string of the molecule is O=C1CC[C@H](C(=O)NC[C@@H]2Cc3ccccc3O2)N1. The van der Waals surface area contributed by atoms with Crippen LogP contribution < -0.4 is 15.4 Å². The second kappa shape index (κ2) is 4.91. The highest BCUT2D eigenvalue weighted by Crippen LogP contribution is 2.27. The van der Waals surface area contributed by atoms with Crippen molar-refractivity contribution in [3.63, 3.8) is 0 Å². The Labute approximate surface area is 111 Å². The van der Waals surface area contributed by atoms with Crippen LogP contribution in [0.5, 0.6) is 5.75 Å². The van der Waals surface area contributed by atoms with E-state index in [1.54, 1.807) is 0 Å². The van der Waals surface area contributed by atoms with Crippen LogP contribution in [0.15, 0.2) is 24.3 Å². The monoisotopic (exact) mass is 260 g/mol. The summed E-state index contributed by atoms with van der Waals surface area (Å²) in [4.78, 5) is 22.9. The Balaban J connectivity index is 1.49. The van der Waals surface area contributed by atoms with Gasteiger partial charge in [-0.2, -0.15) is 0 Å². The van der Waals surface area contributed by atoms with Gasteiger partial charge in [-0.15, -0.1) is 0 Å². The number of carbonyl (C=O) groups excluding carboxylic acids is 2. The van der Waals surface area contributed by atoms with E-state index in [4.69, 9.17) is 4.74 Å². The Hall–Kier alpha value is -2.04. The van der Waals surface area contributed by atoms with Crippen molar-refractivity contribution in [2.24, 2.45) is 0 Å². The molecule has 1 fully saturated rings. The first-order chi connectivity index (χ1) is 9.22. The molecule has 2 N–H and O–H groups in total. The maximum Gasteiger partial charge on any atom is 0.242 e. The fourth-order valence-corrected chi connectivity index (χ4v) is 2.52. The van der Waals surface area contributed by atoms with Crippen LogP contribution in [-0.2, 0) is 16.0 Å². The summed E-state index contributed by atoms with van der Waals surface area (Å²) in [5.74, 6) is 0.728. The molecule has 0 bridgehead atoms. The Morgan fingerprint density at radius 3 is 3.00 bits per heavy atom. The molecule has 0 radical (unpaired) electrons. The van der Waals surface area contributed by atoms with E-state index in [2.05, 4.69) is 10.6 Å². The van der Waals surface area contributed by atoms with Gasteiger partial charge in [0.25, 0.3) is 0 Å². The highest BCUT2D eigenvalue weighted by atomic mass is 16.5. The number of para-hydroxylation sites is 1. The summed E-state index contributed by atoms with van der Waals surface area (Å²) < 4.78 is 5.74. The standard InChI is InChI=1S/C14H16N2O3/c17-13-6-5-11(16-13)14(18)15-8-10-7-9-3-1-2-4-12(9)19-10/h1-4,10-11H,5-8H2,(H,15,18)(H,16,17)/t10-,11+/m0/s1. The lowest BCUT2D eigenvalue weighted by Gasteiger charge is -2.14. The van der Waals surface area contributed by atoms with Crippen molar-refractivity contribution < 1.29 is 14.3 Å². The van der Waals surface area contributed by atoms with Crippen LogP contribution in [-0.4, -0.2) is 30.5 Å². The van der Waals surface area contributed by atoms with Crippen LogP contribution in [0.1, 0.15) is 18.4 Å². The second-order valence-electron chi connectivity index (χ2n) is 4.96. The number of hydrogen-bond acceptors (Lipinski definition) is 3. The van der Waals surface area contributed by atoms with Crippen molar-refractivity contribution in [3.05, 3.63) is 29.8 Å². The van der Waals surface area contributed by atoms with Crippen molar-refractivity contribution in [1.82, 2.24) is 10.6 Å². The Bertz CT molecular complexity index is 490. The molecule has 5 heteroatoms. The zero-order valence-electron chi connectivity index (χ0n) is 10.5. The summed E-state index contributed by atoms with van der Waals surface area (Å²) in [6.07, 6.45) is 1.81. The number of rotatable bonds is 3. The smallest absolute Gasteiger partial charge is 0.242 e. The number of benzene rings is 1. The average molecular weight is 260 g/mol. The zero-order chi connectivity index (χ0) is 13.2. The molecule has 2 amide bonds. The van der Waals surface area contributed by atoms with E-state index in [1.807, 2.05) is 24.3 Å². The fourth-order valence-electron chi connectivity index (χ4n) is 2.52. The van der Waals surface area contributed by atoms with E-state index in [9.17, 15) is 9.59 Å². The van der Waals surface area contributed by atoms with Gasteiger partial charge in [-0.05, 0) is 18.1 Å². The molecule has 0 aliphatic carbocycles. The molecule has 1 aromatic carbocycles. The first-order valence-corrected chi connectivity index (χ1v) is 6.54. The minimum Gasteiger partial charge on any atom is -0.488 e. The number of fused-ring (bicyclic) bond motifs is 1. The maximum atomic E-state index is 11.8. The lowest BCUT2D eigenvalue weighted by Crippen LogP contribution is -2.44. The molecule has 100 valence electrons. The molecule has 2 aliphatic rings. The molecular weight excluding hydrogens is 244 g/mol. The fraction of sp³-hybridized carbons (Fsp3) is 0.429. The summed E-state index contributed by atoms with van der Waals surface area (Å²) in [7, 11) is 0. The van der Waals surface area contributed by atoms with E-state index < -0.39 is 0 Å². The van der Waals surface area contributed by atoms with Crippen LogP contribution in [0, 0.1) is 0 Å². The summed E-state index contributed by atoms with van der Waals surface area (Å²) in [6.45, 7) is 0.472. The zero-order valence-corrected chi connectivity index (χ0v) is 10.5. The average Bonchev–Trinajstić information content (AvgIpc) is 3.01. The molecule has 19 heavy (non-hydrogen) atoms. The number of nitrogens with one attached hydrogen (secondary N) is 2. The van der Waals surface area contributed by atoms with Gasteiger partial charge in [0.05, 0.1) is 6.54 Å². The lowest BCUT2D eigenvalue weighted by atomic mass is 10.1. The van der Waals surface area contributed by atoms with Gasteiger partial charge in [0.2, 0.25) is 11.8 Å². The van der Waals surface area contributed by atoms with Gasteiger partial charge in [-0.1, -0.05) is 18.2 Å². The van der Waals surface area contributed by atoms with Crippen molar-refractivity contribution >= 4 is 11.8 Å². The minimum atomic E-state index is -0.378. The highest BCUT2D eigenvalue weighted by molar-refractivity contribution is 5.90. The molecule has 3 rings (SSSR count). The van der Waals surface area contributed by atoms with E-state index in [0.717, 1.165) is 12.2 Å². The van der Waals surface area contributed by atoms with Crippen LogP contribution in [0.4, 0.5) is 0 Å². The normalized spacial score (nSPS) is 24.5. The Morgan fingerprint density at radius 1 is 1.42 bits per heavy atom. The molecule has 1 aromatic rings. The molecule has 0 spiro atoms. The topological polar surface area (TPSA) is 67.4 Å². The van der Waals surface area contributed by atoms with E-state index >= 15 is 0 Å². The maximum absolute atomic E-state index is 11.8. The summed E-state index contributed by atoms with van der Waals surface area (Å²) in [5.41, 5.74) is 1.18. The van der Waals surface area contributed by atoms with E-state index in [0.29, 0.717) is 19.4 Å². The third kappa shape index (κ3) is 2.54. The Kier molecular flexibility index (Phi) is 3.11. The molecule has 2 atom stereocenters. The van der Waals surface area contributed by atoms with Crippen molar-refractivity contribution in [1.29, 1.82) is 0 Å². The molecular formula is C14H16N2O3. The third-order valence-electron chi connectivity index (χ3n) is 3.53. The summed E-state index contributed by atoms with van der Waals surface area (Å²) in [6, 6.07) is 7.52. The van der Waals surface area contributed by atoms with Crippen LogP contribution >= 0.6 is 0 Å². The van der Waals surface area contributed by atoms with Gasteiger partial charge < -0.3 is 15.4 Å². The summed E-state index contributed by atoms with van der Waals surface area (Å²) >= 11 is 0. The molecule has 0 unspecified atom stereocenters. The predicted octanol–water partition coefficient (Wildman–Crippen LogP) is 0.385. The van der Waals surface area contributed by atoms with Crippen molar-refractivity contribution in [2.75, 3.05) is 6.54 Å². The van der Waals surface area contributed by atoms with Gasteiger partial charge in [0.15, 0.2) is 0 Å². The molecule has 5 nitrogen and oxygen atoms in total. The number of hydrogen-bond donors (Lipinski definition) is 2. The van der Waals surface area contributed by atoms with Crippen LogP contribution in [0.25, 0.3) is 0 Å². The molecule has 1 saturated heterocycles. The van der Waals surface area contributed by atoms with Gasteiger partial charge in [0.1, 0.15) is 17.9 Å². The second-order valence-corrected chi connectivity index (χ2v) is 4.96. The molecule has 0 saturated carbocycles. The van der Waals surface area contributed by atoms with Gasteiger partial charge in [-0.3, -0.25) is 9.59 Å². The van der Waals surface area contributed by atoms with Crippen molar-refractivity contribution in [2.45, 2.75) is 31.4 Å². The number of ether oxygens (including phenoxy) is 1. The molecule has 0 aromatic heterocycles. The first kappa shape index (κ1) is 12.0. The highest BCUT2D eigenvalue weighted by Gasteiger charge is 2.28. The van der Waals surface area contributed by atoms with Crippen LogP contribution in [0.2, 0.25) is 0 Å². The van der Waals surface area contributed by atoms with Crippen LogP contribution in [0.3, 0.4) is 0 Å². The van der Waals surface area contributed by atoms with Gasteiger partial charge in [-0.25, -0.2) is 0 Å². The van der Waals surface area contributed by atoms with E-state index in [-0.39, 0.29) is 24.0 Å². The lowest BCUT2D eigenvalue weighted by molar-refractivity contribution is -0.126. The quantitative estimate of drug-likeness (QED) is 0.826. The number of carbonyl (C=O) groups is 2. The molecule has 2 aliphatic heterocycles. The van der Waals surface area contributed by atoms with Crippen molar-refractivity contribution in [3.8, 4) is 5.75 Å². The van der Waals surface area contributed by atoms with Gasteiger partial charge in [0, 0.05) is 12.8 Å². The minimum absolute atomic E-state index is 0.0153. The van der Waals surface area contributed by atoms with E-state index in [1.165, 1.54) is 5.56 Å².